The highest BCUT2D eigenvalue weighted by Gasteiger charge is 2.16. The van der Waals surface area contributed by atoms with Crippen molar-refractivity contribution >= 4 is 28.7 Å². The lowest BCUT2D eigenvalue weighted by atomic mass is 10.2. The SMILES string of the molecule is O=C(Nc1ccc(F)cc1F)c1csc(-c2ccc(N3CCOCC3)nc2)n1. The number of nitrogens with zero attached hydrogens (tertiary/aromatic N) is 3. The Morgan fingerprint density at radius 2 is 2.00 bits per heavy atom. The maximum atomic E-state index is 13.7. The molecule has 0 bridgehead atoms. The van der Waals surface area contributed by atoms with Crippen LogP contribution < -0.4 is 10.2 Å². The van der Waals surface area contributed by atoms with Gasteiger partial charge in [0.05, 0.1) is 18.9 Å². The maximum Gasteiger partial charge on any atom is 0.275 e. The number of benzene rings is 1. The molecule has 1 aliphatic rings. The van der Waals surface area contributed by atoms with Crippen LogP contribution in [0.15, 0.2) is 41.9 Å². The molecule has 9 heteroatoms. The molecule has 0 unspecified atom stereocenters. The third-order valence-corrected chi connectivity index (χ3v) is 5.14. The van der Waals surface area contributed by atoms with Crippen LogP contribution in [-0.4, -0.2) is 42.2 Å². The summed E-state index contributed by atoms with van der Waals surface area (Å²) in [4.78, 5) is 23.2. The summed E-state index contributed by atoms with van der Waals surface area (Å²) in [6.45, 7) is 2.97. The van der Waals surface area contributed by atoms with Crippen LogP contribution in [0.3, 0.4) is 0 Å². The quantitative estimate of drug-likeness (QED) is 0.723. The molecular formula is C19H16F2N4O2S. The molecule has 6 nitrogen and oxygen atoms in total. The molecule has 1 aliphatic heterocycles. The Bertz CT molecular complexity index is 988. The second kappa shape index (κ2) is 7.99. The normalized spacial score (nSPS) is 14.1. The number of halogens is 2. The Morgan fingerprint density at radius 1 is 1.18 bits per heavy atom. The molecule has 2 aromatic heterocycles. The minimum Gasteiger partial charge on any atom is -0.378 e. The van der Waals surface area contributed by atoms with Crippen LogP contribution in [0, 0.1) is 11.6 Å². The highest BCUT2D eigenvalue weighted by atomic mass is 32.1. The number of thiazole rings is 1. The van der Waals surface area contributed by atoms with E-state index >= 15 is 0 Å². The van der Waals surface area contributed by atoms with Crippen LogP contribution in [0.4, 0.5) is 20.3 Å². The van der Waals surface area contributed by atoms with Gasteiger partial charge in [-0.25, -0.2) is 18.7 Å². The predicted molar refractivity (Wildman–Crippen MR) is 103 cm³/mol. The van der Waals surface area contributed by atoms with Crippen molar-refractivity contribution in [3.63, 3.8) is 0 Å². The van der Waals surface area contributed by atoms with Gasteiger partial charge in [-0.2, -0.15) is 0 Å². The van der Waals surface area contributed by atoms with Crippen molar-refractivity contribution in [1.82, 2.24) is 9.97 Å². The van der Waals surface area contributed by atoms with E-state index in [1.165, 1.54) is 17.4 Å². The van der Waals surface area contributed by atoms with Crippen molar-refractivity contribution in [3.8, 4) is 10.6 Å². The number of nitrogens with one attached hydrogen (secondary N) is 1. The lowest BCUT2D eigenvalue weighted by molar-refractivity contribution is 0.102. The van der Waals surface area contributed by atoms with Crippen molar-refractivity contribution in [1.29, 1.82) is 0 Å². The van der Waals surface area contributed by atoms with Gasteiger partial charge in [0.1, 0.15) is 28.2 Å². The molecule has 0 spiro atoms. The first-order chi connectivity index (χ1) is 13.6. The number of carbonyl (C=O) groups excluding carboxylic acids is 1. The van der Waals surface area contributed by atoms with E-state index < -0.39 is 17.5 Å². The number of hydrogen-bond acceptors (Lipinski definition) is 6. The van der Waals surface area contributed by atoms with Crippen LogP contribution in [0.2, 0.25) is 0 Å². The molecular weight excluding hydrogens is 386 g/mol. The Kier molecular flexibility index (Phi) is 5.27. The first-order valence-electron chi connectivity index (χ1n) is 8.61. The smallest absolute Gasteiger partial charge is 0.275 e. The summed E-state index contributed by atoms with van der Waals surface area (Å²) >= 11 is 1.29. The number of morpholine rings is 1. The molecule has 1 fully saturated rings. The summed E-state index contributed by atoms with van der Waals surface area (Å²) in [6, 6.07) is 6.77. The molecule has 144 valence electrons. The van der Waals surface area contributed by atoms with Gasteiger partial charge in [0.25, 0.3) is 5.91 Å². The van der Waals surface area contributed by atoms with Crippen molar-refractivity contribution in [2.75, 3.05) is 36.5 Å². The van der Waals surface area contributed by atoms with E-state index in [9.17, 15) is 13.6 Å². The van der Waals surface area contributed by atoms with Crippen molar-refractivity contribution < 1.29 is 18.3 Å². The molecule has 0 radical (unpaired) electrons. The summed E-state index contributed by atoms with van der Waals surface area (Å²) < 4.78 is 32.0. The molecule has 3 aromatic rings. The molecule has 1 amide bonds. The van der Waals surface area contributed by atoms with E-state index in [0.717, 1.165) is 30.5 Å². The van der Waals surface area contributed by atoms with E-state index in [2.05, 4.69) is 20.2 Å². The lowest BCUT2D eigenvalue weighted by Gasteiger charge is -2.27. The van der Waals surface area contributed by atoms with Gasteiger partial charge in [0.15, 0.2) is 0 Å². The third kappa shape index (κ3) is 4.00. The Labute approximate surface area is 163 Å². The fourth-order valence-corrected chi connectivity index (χ4v) is 3.57. The first-order valence-corrected chi connectivity index (χ1v) is 9.49. The van der Waals surface area contributed by atoms with Gasteiger partial charge in [0.2, 0.25) is 0 Å². The fourth-order valence-electron chi connectivity index (χ4n) is 2.78. The second-order valence-corrected chi connectivity index (χ2v) is 6.98. The number of anilines is 2. The standard InChI is InChI=1S/C19H16F2N4O2S/c20-13-2-3-15(14(21)9-13)23-18(26)16-11-28-19(24-16)12-1-4-17(22-10-12)25-5-7-27-8-6-25/h1-4,9-11H,5-8H2,(H,23,26). The number of rotatable bonds is 4. The highest BCUT2D eigenvalue weighted by molar-refractivity contribution is 7.13. The van der Waals surface area contributed by atoms with E-state index in [1.807, 2.05) is 12.1 Å². The van der Waals surface area contributed by atoms with E-state index in [0.29, 0.717) is 24.3 Å². The Hall–Kier alpha value is -2.91. The second-order valence-electron chi connectivity index (χ2n) is 6.12. The average molecular weight is 402 g/mol. The lowest BCUT2D eigenvalue weighted by Crippen LogP contribution is -2.36. The molecule has 3 heterocycles. The zero-order valence-corrected chi connectivity index (χ0v) is 15.5. The molecule has 28 heavy (non-hydrogen) atoms. The maximum absolute atomic E-state index is 13.7. The van der Waals surface area contributed by atoms with Gasteiger partial charge < -0.3 is 15.0 Å². The zero-order valence-electron chi connectivity index (χ0n) is 14.7. The van der Waals surface area contributed by atoms with Gasteiger partial charge in [0, 0.05) is 36.3 Å². The fraction of sp³-hybridized carbons (Fsp3) is 0.211. The monoisotopic (exact) mass is 402 g/mol. The van der Waals surface area contributed by atoms with E-state index in [4.69, 9.17) is 4.74 Å². The van der Waals surface area contributed by atoms with E-state index in [1.54, 1.807) is 11.6 Å². The van der Waals surface area contributed by atoms with Crippen LogP contribution in [0.25, 0.3) is 10.6 Å². The van der Waals surface area contributed by atoms with Crippen molar-refractivity contribution in [2.24, 2.45) is 0 Å². The van der Waals surface area contributed by atoms with Gasteiger partial charge in [-0.1, -0.05) is 0 Å². The van der Waals surface area contributed by atoms with Gasteiger partial charge in [-0.15, -0.1) is 11.3 Å². The number of aromatic nitrogens is 2. The van der Waals surface area contributed by atoms with E-state index in [-0.39, 0.29) is 11.4 Å². The number of pyridine rings is 1. The highest BCUT2D eigenvalue weighted by Crippen LogP contribution is 2.25. The van der Waals surface area contributed by atoms with Crippen LogP contribution in [0.5, 0.6) is 0 Å². The topological polar surface area (TPSA) is 67.4 Å². The number of hydrogen-bond donors (Lipinski definition) is 1. The van der Waals surface area contributed by atoms with Crippen LogP contribution in [-0.2, 0) is 4.74 Å². The molecule has 0 atom stereocenters. The van der Waals surface area contributed by atoms with Gasteiger partial charge in [-0.3, -0.25) is 4.79 Å². The molecule has 0 saturated carbocycles. The third-order valence-electron chi connectivity index (χ3n) is 4.25. The first kappa shape index (κ1) is 18.5. The molecule has 0 aliphatic carbocycles. The Balaban J connectivity index is 1.46. The summed E-state index contributed by atoms with van der Waals surface area (Å²) in [7, 11) is 0. The summed E-state index contributed by atoms with van der Waals surface area (Å²) in [5.74, 6) is -1.24. The van der Waals surface area contributed by atoms with Gasteiger partial charge in [-0.05, 0) is 24.3 Å². The molecule has 1 N–H and O–H groups in total. The van der Waals surface area contributed by atoms with Gasteiger partial charge >= 0.3 is 0 Å². The average Bonchev–Trinajstić information content (AvgIpc) is 3.21. The summed E-state index contributed by atoms with van der Waals surface area (Å²) in [6.07, 6.45) is 1.71. The van der Waals surface area contributed by atoms with Crippen LogP contribution in [0.1, 0.15) is 10.5 Å². The number of carbonyl (C=O) groups is 1. The summed E-state index contributed by atoms with van der Waals surface area (Å²) in [5, 5.41) is 4.62. The largest absolute Gasteiger partial charge is 0.378 e. The van der Waals surface area contributed by atoms with Crippen molar-refractivity contribution in [2.45, 2.75) is 0 Å². The van der Waals surface area contributed by atoms with Crippen molar-refractivity contribution in [3.05, 3.63) is 59.2 Å². The minimum atomic E-state index is -0.841. The number of ether oxygens (including phenoxy) is 1. The Morgan fingerprint density at radius 3 is 2.71 bits per heavy atom. The molecule has 1 aromatic carbocycles. The number of amides is 1. The summed E-state index contributed by atoms with van der Waals surface area (Å²) in [5.41, 5.74) is 0.840. The zero-order chi connectivity index (χ0) is 19.5. The van der Waals surface area contributed by atoms with Crippen LogP contribution >= 0.6 is 11.3 Å². The predicted octanol–water partition coefficient (Wildman–Crippen LogP) is 3.57. The minimum absolute atomic E-state index is 0.0996. The molecule has 1 saturated heterocycles. The molecule has 4 rings (SSSR count).